The zero-order valence-electron chi connectivity index (χ0n) is 10.5. The number of hydrogen-bond acceptors (Lipinski definition) is 5. The van der Waals surface area contributed by atoms with E-state index in [-0.39, 0.29) is 11.6 Å². The van der Waals surface area contributed by atoms with E-state index in [1.807, 2.05) is 6.92 Å². The summed E-state index contributed by atoms with van der Waals surface area (Å²) in [7, 11) is -3.93. The van der Waals surface area contributed by atoms with Crippen molar-refractivity contribution in [3.05, 3.63) is 12.0 Å². The molecule has 2 amide bonds. The molecule has 1 aliphatic heterocycles. The second-order valence-corrected chi connectivity index (χ2v) is 6.05. The first-order chi connectivity index (χ1) is 8.86. The van der Waals surface area contributed by atoms with Crippen LogP contribution in [-0.2, 0) is 26.0 Å². The van der Waals surface area contributed by atoms with Crippen LogP contribution in [0, 0.1) is 0 Å². The van der Waals surface area contributed by atoms with Crippen molar-refractivity contribution in [2.75, 3.05) is 6.54 Å². The van der Waals surface area contributed by atoms with Gasteiger partial charge in [0.1, 0.15) is 11.9 Å². The molecule has 1 aromatic heterocycles. The molecule has 8 nitrogen and oxygen atoms in total. The van der Waals surface area contributed by atoms with Crippen molar-refractivity contribution in [1.29, 1.82) is 0 Å². The molecule has 1 saturated heterocycles. The number of carbonyl (C=O) groups excluding carboxylic acids is 2. The number of carbonyl (C=O) groups is 2. The van der Waals surface area contributed by atoms with Crippen LogP contribution >= 0.6 is 0 Å². The van der Waals surface area contributed by atoms with Crippen LogP contribution in [0.25, 0.3) is 0 Å². The van der Waals surface area contributed by atoms with Gasteiger partial charge in [-0.2, -0.15) is 4.31 Å². The van der Waals surface area contributed by atoms with Crippen LogP contribution < -0.4 is 5.32 Å². The fourth-order valence-electron chi connectivity index (χ4n) is 1.76. The third-order valence-electron chi connectivity index (χ3n) is 2.90. The van der Waals surface area contributed by atoms with Crippen molar-refractivity contribution >= 4 is 21.8 Å². The van der Waals surface area contributed by atoms with Crippen molar-refractivity contribution < 1.29 is 18.0 Å². The predicted octanol–water partition coefficient (Wildman–Crippen LogP) is -0.992. The average Bonchev–Trinajstić information content (AvgIpc) is 2.83. The van der Waals surface area contributed by atoms with E-state index in [4.69, 9.17) is 0 Å². The van der Waals surface area contributed by atoms with Crippen LogP contribution in [0.5, 0.6) is 0 Å². The molecule has 0 aliphatic carbocycles. The van der Waals surface area contributed by atoms with Crippen molar-refractivity contribution in [3.63, 3.8) is 0 Å². The molecule has 1 unspecified atom stereocenters. The number of imidazole rings is 1. The van der Waals surface area contributed by atoms with Gasteiger partial charge in [-0.25, -0.2) is 13.4 Å². The van der Waals surface area contributed by atoms with Crippen molar-refractivity contribution in [3.8, 4) is 0 Å². The van der Waals surface area contributed by atoms with E-state index >= 15 is 0 Å². The number of H-pyrrole nitrogens is 1. The number of imide groups is 1. The van der Waals surface area contributed by atoms with Crippen molar-refractivity contribution in [1.82, 2.24) is 19.6 Å². The maximum atomic E-state index is 12.3. The summed E-state index contributed by atoms with van der Waals surface area (Å²) >= 11 is 0. The van der Waals surface area contributed by atoms with Gasteiger partial charge >= 0.3 is 0 Å². The largest absolute Gasteiger partial charge is 0.332 e. The highest BCUT2D eigenvalue weighted by Gasteiger charge is 2.39. The quantitative estimate of drug-likeness (QED) is 0.693. The van der Waals surface area contributed by atoms with Gasteiger partial charge in [-0.3, -0.25) is 14.9 Å². The van der Waals surface area contributed by atoms with E-state index in [0.29, 0.717) is 12.2 Å². The Kier molecular flexibility index (Phi) is 3.42. The Labute approximate surface area is 110 Å². The molecule has 0 saturated carbocycles. The molecule has 104 valence electrons. The average molecular weight is 286 g/mol. The highest BCUT2D eigenvalue weighted by Crippen LogP contribution is 2.18. The van der Waals surface area contributed by atoms with Gasteiger partial charge in [-0.15, -0.1) is 0 Å². The van der Waals surface area contributed by atoms with Gasteiger partial charge in [-0.05, 0) is 6.92 Å². The van der Waals surface area contributed by atoms with Crippen LogP contribution in [0.15, 0.2) is 11.2 Å². The maximum absolute atomic E-state index is 12.3. The Morgan fingerprint density at radius 2 is 2.16 bits per heavy atom. The molecule has 1 aliphatic rings. The molecule has 19 heavy (non-hydrogen) atoms. The fourth-order valence-corrected chi connectivity index (χ4v) is 3.25. The van der Waals surface area contributed by atoms with Gasteiger partial charge in [0, 0.05) is 6.42 Å². The molecule has 1 aromatic rings. The summed E-state index contributed by atoms with van der Waals surface area (Å²) in [6.45, 7) is 2.88. The SMILES string of the molecule is CCc1ncc(S(=O)(=O)N2CC(=O)NC(=O)C2C)[nH]1. The molecule has 1 fully saturated rings. The summed E-state index contributed by atoms with van der Waals surface area (Å²) in [5.74, 6) is -0.740. The van der Waals surface area contributed by atoms with Gasteiger partial charge in [0.15, 0.2) is 5.03 Å². The molecule has 0 spiro atoms. The van der Waals surface area contributed by atoms with Gasteiger partial charge in [0.05, 0.1) is 12.7 Å². The molecule has 2 heterocycles. The summed E-state index contributed by atoms with van der Waals surface area (Å²) in [5, 5.41) is 1.98. The van der Waals surface area contributed by atoms with Crippen molar-refractivity contribution in [2.24, 2.45) is 0 Å². The molecule has 0 bridgehead atoms. The van der Waals surface area contributed by atoms with E-state index in [1.165, 1.54) is 13.1 Å². The second-order valence-electron chi connectivity index (χ2n) is 4.19. The minimum absolute atomic E-state index is 0.112. The van der Waals surface area contributed by atoms with Crippen LogP contribution in [0.3, 0.4) is 0 Å². The minimum atomic E-state index is -3.93. The Bertz CT molecular complexity index is 621. The molecular formula is C10H14N4O4S. The van der Waals surface area contributed by atoms with Gasteiger partial charge in [-0.1, -0.05) is 6.92 Å². The number of rotatable bonds is 3. The van der Waals surface area contributed by atoms with E-state index in [0.717, 1.165) is 4.31 Å². The number of aryl methyl sites for hydroxylation is 1. The zero-order chi connectivity index (χ0) is 14.2. The lowest BCUT2D eigenvalue weighted by Gasteiger charge is -2.29. The first kappa shape index (κ1) is 13.7. The number of piperazine rings is 1. The lowest BCUT2D eigenvalue weighted by molar-refractivity contribution is -0.136. The van der Waals surface area contributed by atoms with E-state index in [9.17, 15) is 18.0 Å². The van der Waals surface area contributed by atoms with Gasteiger partial charge in [0.2, 0.25) is 11.8 Å². The van der Waals surface area contributed by atoms with E-state index < -0.39 is 27.9 Å². The zero-order valence-corrected chi connectivity index (χ0v) is 11.3. The van der Waals surface area contributed by atoms with Crippen LogP contribution in [0.1, 0.15) is 19.7 Å². The molecular weight excluding hydrogens is 272 g/mol. The summed E-state index contributed by atoms with van der Waals surface area (Å²) in [5.41, 5.74) is 0. The molecule has 1 atom stereocenters. The van der Waals surface area contributed by atoms with Crippen LogP contribution in [0.2, 0.25) is 0 Å². The number of nitrogens with one attached hydrogen (secondary N) is 2. The monoisotopic (exact) mass is 286 g/mol. The summed E-state index contributed by atoms with van der Waals surface area (Å²) < 4.78 is 25.5. The first-order valence-electron chi connectivity index (χ1n) is 5.75. The second kappa shape index (κ2) is 4.74. The number of amides is 2. The minimum Gasteiger partial charge on any atom is -0.332 e. The summed E-state index contributed by atoms with van der Waals surface area (Å²) in [4.78, 5) is 29.4. The normalized spacial score (nSPS) is 21.5. The van der Waals surface area contributed by atoms with E-state index in [2.05, 4.69) is 15.3 Å². The number of nitrogens with zero attached hydrogens (tertiary/aromatic N) is 2. The molecule has 9 heteroatoms. The lowest BCUT2D eigenvalue weighted by Crippen LogP contribution is -2.58. The van der Waals surface area contributed by atoms with Crippen LogP contribution in [0.4, 0.5) is 0 Å². The summed E-state index contributed by atoms with van der Waals surface area (Å²) in [6, 6.07) is -0.934. The van der Waals surface area contributed by atoms with Crippen LogP contribution in [-0.4, -0.2) is 47.1 Å². The maximum Gasteiger partial charge on any atom is 0.261 e. The Balaban J connectivity index is 2.38. The number of aromatic nitrogens is 2. The Morgan fingerprint density at radius 3 is 2.74 bits per heavy atom. The Hall–Kier alpha value is -1.74. The highest BCUT2D eigenvalue weighted by molar-refractivity contribution is 7.89. The van der Waals surface area contributed by atoms with E-state index in [1.54, 1.807) is 0 Å². The molecule has 0 radical (unpaired) electrons. The topological polar surface area (TPSA) is 112 Å². The van der Waals surface area contributed by atoms with Gasteiger partial charge < -0.3 is 4.98 Å². The third kappa shape index (κ3) is 2.38. The molecule has 0 aromatic carbocycles. The Morgan fingerprint density at radius 1 is 1.47 bits per heavy atom. The smallest absolute Gasteiger partial charge is 0.261 e. The third-order valence-corrected chi connectivity index (χ3v) is 4.73. The predicted molar refractivity (Wildman–Crippen MR) is 64.5 cm³/mol. The van der Waals surface area contributed by atoms with Crippen molar-refractivity contribution in [2.45, 2.75) is 31.3 Å². The number of aromatic amines is 1. The molecule has 2 N–H and O–H groups in total. The number of sulfonamides is 1. The van der Waals surface area contributed by atoms with Gasteiger partial charge in [0.25, 0.3) is 10.0 Å². The fraction of sp³-hybridized carbons (Fsp3) is 0.500. The first-order valence-corrected chi connectivity index (χ1v) is 7.19. The standard InChI is InChI=1S/C10H14N4O4S/c1-3-7-11-4-9(12-7)19(17,18)14-5-8(15)13-10(16)6(14)2/h4,6H,3,5H2,1-2H3,(H,11,12)(H,13,15,16). The molecule has 2 rings (SSSR count). The highest BCUT2D eigenvalue weighted by atomic mass is 32.2. The summed E-state index contributed by atoms with van der Waals surface area (Å²) in [6.07, 6.45) is 1.75. The lowest BCUT2D eigenvalue weighted by atomic mass is 10.2. The number of hydrogen-bond donors (Lipinski definition) is 2.